The number of likely N-dealkylation sites (tertiary alicyclic amines) is 1. The summed E-state index contributed by atoms with van der Waals surface area (Å²) in [6.45, 7) is 0.881. The van der Waals surface area contributed by atoms with E-state index in [1.165, 1.54) is 12.8 Å². The Balaban J connectivity index is 1.25. The number of carbonyl (C=O) groups excluding carboxylic acids is 2. The van der Waals surface area contributed by atoms with E-state index in [1.54, 1.807) is 6.07 Å². The highest BCUT2D eigenvalue weighted by atomic mass is 35.5. The average Bonchev–Trinajstić information content (AvgIpc) is 3.01. The molecule has 1 saturated heterocycles. The zero-order valence-electron chi connectivity index (χ0n) is 17.1. The molecule has 4 aliphatic carbocycles. The van der Waals surface area contributed by atoms with Crippen LogP contribution in [-0.4, -0.2) is 46.6 Å². The third kappa shape index (κ3) is 3.58. The van der Waals surface area contributed by atoms with Crippen molar-refractivity contribution in [2.45, 2.75) is 56.6 Å². The minimum absolute atomic E-state index is 0.0350. The molecule has 4 bridgehead atoms. The van der Waals surface area contributed by atoms with E-state index in [9.17, 15) is 14.7 Å². The molecule has 6 nitrogen and oxygen atoms in total. The van der Waals surface area contributed by atoms with Gasteiger partial charge in [0.2, 0.25) is 11.8 Å². The molecule has 6 rings (SSSR count). The van der Waals surface area contributed by atoms with Crippen LogP contribution in [0.2, 0.25) is 5.02 Å². The first-order valence-corrected chi connectivity index (χ1v) is 11.5. The van der Waals surface area contributed by atoms with Gasteiger partial charge in [-0.2, -0.15) is 0 Å². The van der Waals surface area contributed by atoms with Gasteiger partial charge in [0, 0.05) is 29.2 Å². The molecule has 4 N–H and O–H groups in total. The summed E-state index contributed by atoms with van der Waals surface area (Å²) in [5.74, 6) is 1.37. The number of rotatable bonds is 6. The van der Waals surface area contributed by atoms with Gasteiger partial charge in [0.15, 0.2) is 0 Å². The largest absolute Gasteiger partial charge is 0.390 e. The van der Waals surface area contributed by atoms with Crippen LogP contribution < -0.4 is 11.1 Å². The topological polar surface area (TPSA) is 95.7 Å². The first-order chi connectivity index (χ1) is 14.3. The second-order valence-electron chi connectivity index (χ2n) is 10.0. The molecule has 4 saturated carbocycles. The Morgan fingerprint density at radius 2 is 2.00 bits per heavy atom. The van der Waals surface area contributed by atoms with Crippen LogP contribution in [0.5, 0.6) is 0 Å². The maximum Gasteiger partial charge on any atom is 0.236 e. The molecule has 1 heterocycles. The smallest absolute Gasteiger partial charge is 0.236 e. The van der Waals surface area contributed by atoms with Gasteiger partial charge < -0.3 is 21.1 Å². The molecule has 0 aromatic heterocycles. The van der Waals surface area contributed by atoms with Gasteiger partial charge in [-0.3, -0.25) is 9.59 Å². The fourth-order valence-electron chi connectivity index (χ4n) is 6.99. The fraction of sp³-hybridized carbons (Fsp3) is 0.652. The minimum atomic E-state index is -0.465. The monoisotopic (exact) mass is 431 g/mol. The van der Waals surface area contributed by atoms with Crippen LogP contribution in [0.25, 0.3) is 0 Å². The number of primary amides is 1. The van der Waals surface area contributed by atoms with Crippen LogP contribution in [-0.2, 0) is 16.0 Å². The lowest BCUT2D eigenvalue weighted by atomic mass is 9.52. The lowest BCUT2D eigenvalue weighted by Crippen LogP contribution is -2.62. The van der Waals surface area contributed by atoms with Crippen LogP contribution in [0.15, 0.2) is 18.2 Å². The Morgan fingerprint density at radius 3 is 2.63 bits per heavy atom. The number of benzene rings is 1. The molecule has 3 unspecified atom stereocenters. The Kier molecular flexibility index (Phi) is 4.98. The van der Waals surface area contributed by atoms with Crippen molar-refractivity contribution in [2.75, 3.05) is 18.4 Å². The summed E-state index contributed by atoms with van der Waals surface area (Å²) in [5, 5.41) is 14.4. The molecule has 1 aliphatic heterocycles. The summed E-state index contributed by atoms with van der Waals surface area (Å²) in [6, 6.07) is 5.91. The summed E-state index contributed by atoms with van der Waals surface area (Å²) in [5.41, 5.74) is 6.41. The van der Waals surface area contributed by atoms with Crippen molar-refractivity contribution < 1.29 is 14.7 Å². The molecule has 3 atom stereocenters. The summed E-state index contributed by atoms with van der Waals surface area (Å²) in [4.78, 5) is 26.4. The van der Waals surface area contributed by atoms with Crippen molar-refractivity contribution >= 4 is 29.1 Å². The third-order valence-corrected chi connectivity index (χ3v) is 8.24. The predicted molar refractivity (Wildman–Crippen MR) is 115 cm³/mol. The lowest BCUT2D eigenvalue weighted by molar-refractivity contribution is -0.168. The number of hydrogen-bond donors (Lipinski definition) is 3. The SMILES string of the molecule is NC(=O)CNc1ccc(CC2CCN(C3C4CC5CC3CC(O)(C5)C4)C2=O)c(Cl)c1. The highest BCUT2D eigenvalue weighted by Gasteiger charge is 2.57. The summed E-state index contributed by atoms with van der Waals surface area (Å²) < 4.78 is 0. The summed E-state index contributed by atoms with van der Waals surface area (Å²) >= 11 is 6.46. The van der Waals surface area contributed by atoms with Crippen molar-refractivity contribution in [2.24, 2.45) is 29.4 Å². The zero-order chi connectivity index (χ0) is 21.0. The quantitative estimate of drug-likeness (QED) is 0.645. The highest BCUT2D eigenvalue weighted by molar-refractivity contribution is 6.31. The van der Waals surface area contributed by atoms with Crippen LogP contribution in [0.1, 0.15) is 44.1 Å². The molecule has 5 fully saturated rings. The molecule has 30 heavy (non-hydrogen) atoms. The number of aliphatic hydroxyl groups is 1. The van der Waals surface area contributed by atoms with Gasteiger partial charge in [-0.15, -0.1) is 0 Å². The predicted octanol–water partition coefficient (Wildman–Crippen LogP) is 2.57. The van der Waals surface area contributed by atoms with Crippen LogP contribution >= 0.6 is 11.6 Å². The van der Waals surface area contributed by atoms with Gasteiger partial charge in [0.05, 0.1) is 12.1 Å². The second kappa shape index (κ2) is 7.41. The molecule has 162 valence electrons. The third-order valence-electron chi connectivity index (χ3n) is 7.89. The van der Waals surface area contributed by atoms with Gasteiger partial charge >= 0.3 is 0 Å². The Morgan fingerprint density at radius 1 is 1.27 bits per heavy atom. The number of halogens is 1. The van der Waals surface area contributed by atoms with Crippen molar-refractivity contribution in [3.63, 3.8) is 0 Å². The fourth-order valence-corrected chi connectivity index (χ4v) is 7.25. The molecule has 0 spiro atoms. The van der Waals surface area contributed by atoms with E-state index in [0.29, 0.717) is 35.2 Å². The van der Waals surface area contributed by atoms with Crippen molar-refractivity contribution in [3.05, 3.63) is 28.8 Å². The molecular formula is C23H30ClN3O3. The minimum Gasteiger partial charge on any atom is -0.390 e. The van der Waals surface area contributed by atoms with Gasteiger partial charge in [0.1, 0.15) is 0 Å². The normalized spacial score (nSPS) is 37.1. The Labute approximate surface area is 182 Å². The first kappa shape index (κ1) is 20.1. The summed E-state index contributed by atoms with van der Waals surface area (Å²) in [6.07, 6.45) is 6.54. The van der Waals surface area contributed by atoms with E-state index in [0.717, 1.165) is 43.5 Å². The molecule has 1 aromatic carbocycles. The standard InChI is InChI=1S/C23H30ClN3O3/c24-19-8-18(26-12-20(25)28)2-1-14(19)7-15-3-4-27(22(15)29)21-16-5-13-6-17(21)11-23(30,9-13)10-16/h1-2,8,13,15-17,21,26,30H,3-7,9-12H2,(H2,25,28). The summed E-state index contributed by atoms with van der Waals surface area (Å²) in [7, 11) is 0. The number of anilines is 1. The highest BCUT2D eigenvalue weighted by Crippen LogP contribution is 2.57. The Hall–Kier alpha value is -1.79. The maximum absolute atomic E-state index is 13.3. The average molecular weight is 432 g/mol. The first-order valence-electron chi connectivity index (χ1n) is 11.1. The van der Waals surface area contributed by atoms with E-state index >= 15 is 0 Å². The van der Waals surface area contributed by atoms with Gasteiger partial charge in [-0.05, 0) is 80.4 Å². The molecule has 2 amide bonds. The van der Waals surface area contributed by atoms with Crippen LogP contribution in [0.3, 0.4) is 0 Å². The number of nitrogens with zero attached hydrogens (tertiary/aromatic N) is 1. The molecule has 7 heteroatoms. The van der Waals surface area contributed by atoms with Gasteiger partial charge in [-0.25, -0.2) is 0 Å². The van der Waals surface area contributed by atoms with E-state index < -0.39 is 11.5 Å². The van der Waals surface area contributed by atoms with E-state index in [2.05, 4.69) is 10.2 Å². The second-order valence-corrected chi connectivity index (χ2v) is 10.4. The van der Waals surface area contributed by atoms with Gasteiger partial charge in [0.25, 0.3) is 0 Å². The number of nitrogens with one attached hydrogen (secondary N) is 1. The number of hydrogen-bond acceptors (Lipinski definition) is 4. The van der Waals surface area contributed by atoms with Crippen molar-refractivity contribution in [3.8, 4) is 0 Å². The van der Waals surface area contributed by atoms with E-state index in [1.807, 2.05) is 12.1 Å². The van der Waals surface area contributed by atoms with E-state index in [4.69, 9.17) is 17.3 Å². The van der Waals surface area contributed by atoms with Crippen molar-refractivity contribution in [1.29, 1.82) is 0 Å². The van der Waals surface area contributed by atoms with E-state index in [-0.39, 0.29) is 18.4 Å². The molecule has 0 radical (unpaired) electrons. The molecular weight excluding hydrogens is 402 g/mol. The van der Waals surface area contributed by atoms with Crippen LogP contribution in [0.4, 0.5) is 5.69 Å². The van der Waals surface area contributed by atoms with Crippen molar-refractivity contribution in [1.82, 2.24) is 4.90 Å². The number of nitrogens with two attached hydrogens (primary N) is 1. The Bertz CT molecular complexity index is 859. The number of carbonyl (C=O) groups is 2. The maximum atomic E-state index is 13.3. The molecule has 5 aliphatic rings. The zero-order valence-corrected chi connectivity index (χ0v) is 17.9. The lowest BCUT2D eigenvalue weighted by Gasteiger charge is -2.59. The molecule has 1 aromatic rings. The number of amides is 2. The van der Waals surface area contributed by atoms with Crippen LogP contribution in [0, 0.1) is 23.7 Å². The van der Waals surface area contributed by atoms with Gasteiger partial charge in [-0.1, -0.05) is 17.7 Å².